The second kappa shape index (κ2) is 7.37. The lowest BCUT2D eigenvalue weighted by molar-refractivity contribution is 0.207. The molecule has 0 aromatic heterocycles. The molecule has 0 N–H and O–H groups in total. The third kappa shape index (κ3) is 4.41. The lowest BCUT2D eigenvalue weighted by Gasteiger charge is -2.28. The van der Waals surface area contributed by atoms with E-state index < -0.39 is 0 Å². The molecule has 2 rings (SSSR count). The van der Waals surface area contributed by atoms with Crippen LogP contribution in [0.3, 0.4) is 0 Å². The van der Waals surface area contributed by atoms with Gasteiger partial charge in [0.1, 0.15) is 0 Å². The topological polar surface area (TPSA) is 3.24 Å². The normalized spacial score (nSPS) is 12.6. The molecule has 0 aliphatic rings. The van der Waals surface area contributed by atoms with E-state index in [1.807, 2.05) is 0 Å². The molecule has 1 atom stereocenters. The minimum Gasteiger partial charge on any atom is -0.291 e. The van der Waals surface area contributed by atoms with Crippen LogP contribution in [-0.4, -0.2) is 16.7 Å². The standard InChI is InChI=1S/C17H21NS/c1-15(14-19)18(12-16-8-4-2-5-9-16)13-17-10-6-3-7-11-17/h2-11,15,19H,12-14H2,1H3/t15-/m1/s1. The van der Waals surface area contributed by atoms with E-state index in [0.29, 0.717) is 6.04 Å². The fourth-order valence-electron chi connectivity index (χ4n) is 2.12. The molecule has 1 nitrogen and oxygen atoms in total. The Kier molecular flexibility index (Phi) is 5.49. The smallest absolute Gasteiger partial charge is 0.0240 e. The van der Waals surface area contributed by atoms with Crippen LogP contribution in [0.1, 0.15) is 18.1 Å². The molecule has 0 saturated carbocycles. The van der Waals surface area contributed by atoms with Gasteiger partial charge in [-0.25, -0.2) is 0 Å². The van der Waals surface area contributed by atoms with E-state index in [9.17, 15) is 0 Å². The zero-order chi connectivity index (χ0) is 13.5. The van der Waals surface area contributed by atoms with Gasteiger partial charge in [0.25, 0.3) is 0 Å². The fourth-order valence-corrected chi connectivity index (χ4v) is 2.35. The zero-order valence-corrected chi connectivity index (χ0v) is 12.3. The fraction of sp³-hybridized carbons (Fsp3) is 0.294. The Hall–Kier alpha value is -1.25. The van der Waals surface area contributed by atoms with Crippen molar-refractivity contribution in [3.05, 3.63) is 71.8 Å². The van der Waals surface area contributed by atoms with Crippen molar-refractivity contribution in [2.45, 2.75) is 26.1 Å². The molecule has 100 valence electrons. The van der Waals surface area contributed by atoms with Gasteiger partial charge in [-0.1, -0.05) is 60.7 Å². The quantitative estimate of drug-likeness (QED) is 0.777. The summed E-state index contributed by atoms with van der Waals surface area (Å²) in [6.07, 6.45) is 0. The van der Waals surface area contributed by atoms with Crippen molar-refractivity contribution in [2.75, 3.05) is 5.75 Å². The van der Waals surface area contributed by atoms with Crippen molar-refractivity contribution >= 4 is 12.6 Å². The summed E-state index contributed by atoms with van der Waals surface area (Å²) in [4.78, 5) is 2.47. The van der Waals surface area contributed by atoms with Gasteiger partial charge in [0.2, 0.25) is 0 Å². The zero-order valence-electron chi connectivity index (χ0n) is 11.4. The van der Waals surface area contributed by atoms with Crippen LogP contribution in [0, 0.1) is 0 Å². The number of hydrogen-bond donors (Lipinski definition) is 1. The highest BCUT2D eigenvalue weighted by molar-refractivity contribution is 7.80. The first kappa shape index (κ1) is 14.2. The van der Waals surface area contributed by atoms with Gasteiger partial charge in [0, 0.05) is 24.9 Å². The molecule has 0 aliphatic carbocycles. The average molecular weight is 271 g/mol. The largest absolute Gasteiger partial charge is 0.291 e. The molecule has 0 unspecified atom stereocenters. The van der Waals surface area contributed by atoms with Crippen LogP contribution in [-0.2, 0) is 13.1 Å². The van der Waals surface area contributed by atoms with E-state index >= 15 is 0 Å². The van der Waals surface area contributed by atoms with Gasteiger partial charge >= 0.3 is 0 Å². The van der Waals surface area contributed by atoms with Gasteiger partial charge in [0.15, 0.2) is 0 Å². The lowest BCUT2D eigenvalue weighted by atomic mass is 10.1. The first-order chi connectivity index (χ1) is 9.29. The molecule has 0 bridgehead atoms. The molecule has 2 aromatic rings. The van der Waals surface area contributed by atoms with Crippen LogP contribution < -0.4 is 0 Å². The van der Waals surface area contributed by atoms with Gasteiger partial charge in [-0.15, -0.1) is 0 Å². The van der Waals surface area contributed by atoms with E-state index in [1.165, 1.54) is 11.1 Å². The molecule has 0 aliphatic heterocycles. The second-order valence-electron chi connectivity index (χ2n) is 4.91. The monoisotopic (exact) mass is 271 g/mol. The minimum atomic E-state index is 0.462. The molecule has 0 saturated heterocycles. The number of hydrogen-bond acceptors (Lipinski definition) is 2. The Morgan fingerprint density at radius 3 is 1.63 bits per heavy atom. The van der Waals surface area contributed by atoms with Crippen molar-refractivity contribution in [3.8, 4) is 0 Å². The lowest BCUT2D eigenvalue weighted by Crippen LogP contribution is -2.33. The highest BCUT2D eigenvalue weighted by Crippen LogP contribution is 2.14. The SMILES string of the molecule is C[C@H](CS)N(Cc1ccccc1)Cc1ccccc1. The third-order valence-electron chi connectivity index (χ3n) is 3.34. The van der Waals surface area contributed by atoms with E-state index in [1.54, 1.807) is 0 Å². The predicted octanol–water partition coefficient (Wildman–Crippen LogP) is 4.01. The predicted molar refractivity (Wildman–Crippen MR) is 85.4 cm³/mol. The number of thiol groups is 1. The second-order valence-corrected chi connectivity index (χ2v) is 5.27. The maximum atomic E-state index is 4.45. The molecule has 0 spiro atoms. The molecular weight excluding hydrogens is 250 g/mol. The molecule has 2 heteroatoms. The minimum absolute atomic E-state index is 0.462. The van der Waals surface area contributed by atoms with Crippen molar-refractivity contribution in [2.24, 2.45) is 0 Å². The maximum absolute atomic E-state index is 4.45. The summed E-state index contributed by atoms with van der Waals surface area (Å²) in [5.74, 6) is 0.875. The summed E-state index contributed by atoms with van der Waals surface area (Å²) in [6, 6.07) is 21.7. The number of benzene rings is 2. The van der Waals surface area contributed by atoms with Crippen LogP contribution in [0.2, 0.25) is 0 Å². The Balaban J connectivity index is 2.08. The van der Waals surface area contributed by atoms with Gasteiger partial charge in [0.05, 0.1) is 0 Å². The van der Waals surface area contributed by atoms with E-state index in [-0.39, 0.29) is 0 Å². The molecule has 2 aromatic carbocycles. The molecule has 0 radical (unpaired) electrons. The summed E-state index contributed by atoms with van der Waals surface area (Å²) in [6.45, 7) is 4.17. The Morgan fingerprint density at radius 1 is 0.842 bits per heavy atom. The Morgan fingerprint density at radius 2 is 1.26 bits per heavy atom. The maximum Gasteiger partial charge on any atom is 0.0240 e. The van der Waals surface area contributed by atoms with Gasteiger partial charge < -0.3 is 0 Å². The van der Waals surface area contributed by atoms with Gasteiger partial charge in [-0.3, -0.25) is 4.90 Å². The van der Waals surface area contributed by atoms with Crippen molar-refractivity contribution in [3.63, 3.8) is 0 Å². The summed E-state index contributed by atoms with van der Waals surface area (Å²) in [5.41, 5.74) is 2.71. The van der Waals surface area contributed by atoms with Crippen molar-refractivity contribution in [1.82, 2.24) is 4.90 Å². The Labute approximate surface area is 121 Å². The highest BCUT2D eigenvalue weighted by Gasteiger charge is 2.13. The van der Waals surface area contributed by atoms with Gasteiger partial charge in [-0.05, 0) is 18.1 Å². The average Bonchev–Trinajstić information content (AvgIpc) is 2.48. The van der Waals surface area contributed by atoms with Crippen LogP contribution in [0.4, 0.5) is 0 Å². The first-order valence-electron chi connectivity index (χ1n) is 6.72. The van der Waals surface area contributed by atoms with Crippen LogP contribution in [0.15, 0.2) is 60.7 Å². The summed E-state index contributed by atoms with van der Waals surface area (Å²) in [7, 11) is 0. The third-order valence-corrected chi connectivity index (χ3v) is 3.87. The summed E-state index contributed by atoms with van der Waals surface area (Å²) >= 11 is 4.45. The van der Waals surface area contributed by atoms with Crippen molar-refractivity contribution < 1.29 is 0 Å². The molecule has 19 heavy (non-hydrogen) atoms. The highest BCUT2D eigenvalue weighted by atomic mass is 32.1. The Bertz CT molecular complexity index is 428. The summed E-state index contributed by atoms with van der Waals surface area (Å²) < 4.78 is 0. The number of rotatable bonds is 6. The van der Waals surface area contributed by atoms with E-state index in [0.717, 1.165) is 18.8 Å². The molecule has 0 heterocycles. The van der Waals surface area contributed by atoms with E-state index in [4.69, 9.17) is 0 Å². The first-order valence-corrected chi connectivity index (χ1v) is 7.35. The number of nitrogens with zero attached hydrogens (tertiary/aromatic N) is 1. The van der Waals surface area contributed by atoms with Crippen LogP contribution >= 0.6 is 12.6 Å². The van der Waals surface area contributed by atoms with Crippen LogP contribution in [0.25, 0.3) is 0 Å². The molecule has 0 fully saturated rings. The van der Waals surface area contributed by atoms with Gasteiger partial charge in [-0.2, -0.15) is 12.6 Å². The molecular formula is C17H21NS. The van der Waals surface area contributed by atoms with E-state index in [2.05, 4.69) is 85.1 Å². The molecule has 0 amide bonds. The summed E-state index contributed by atoms with van der Waals surface area (Å²) in [5, 5.41) is 0. The van der Waals surface area contributed by atoms with Crippen molar-refractivity contribution in [1.29, 1.82) is 0 Å². The van der Waals surface area contributed by atoms with Crippen LogP contribution in [0.5, 0.6) is 0 Å².